The zero-order valence-electron chi connectivity index (χ0n) is 15.1. The first-order valence-electron chi connectivity index (χ1n) is 9.30. The molecule has 2 aliphatic carbocycles. The molecular weight excluding hydrogens is 328 g/mol. The van der Waals surface area contributed by atoms with Crippen LogP contribution in [0.5, 0.6) is 0 Å². The number of nitrogens with zero attached hydrogens (tertiary/aromatic N) is 4. The number of aromatic nitrogens is 2. The minimum Gasteiger partial charge on any atom is -0.461 e. The second kappa shape index (κ2) is 8.61. The van der Waals surface area contributed by atoms with Crippen LogP contribution >= 0.6 is 0 Å². The normalized spacial score (nSPS) is 22.5. The Kier molecular flexibility index (Phi) is 6.00. The van der Waals surface area contributed by atoms with Crippen molar-refractivity contribution in [3.8, 4) is 6.07 Å². The van der Waals surface area contributed by atoms with Crippen molar-refractivity contribution in [1.29, 1.82) is 5.26 Å². The van der Waals surface area contributed by atoms with E-state index < -0.39 is 5.97 Å². The smallest absolute Gasteiger partial charge is 0.358 e. The van der Waals surface area contributed by atoms with Gasteiger partial charge in [0.05, 0.1) is 24.4 Å². The predicted octanol–water partition coefficient (Wildman–Crippen LogP) is 3.77. The molecule has 1 fully saturated rings. The molecule has 1 unspecified atom stereocenters. The van der Waals surface area contributed by atoms with E-state index in [-0.39, 0.29) is 11.6 Å². The average Bonchev–Trinajstić information content (AvgIpc) is 3.01. The van der Waals surface area contributed by atoms with Gasteiger partial charge in [-0.3, -0.25) is 4.99 Å². The summed E-state index contributed by atoms with van der Waals surface area (Å²) < 4.78 is 6.69. The summed E-state index contributed by atoms with van der Waals surface area (Å²) in [6, 6.07) is 2.65. The fourth-order valence-corrected chi connectivity index (χ4v) is 3.36. The van der Waals surface area contributed by atoms with Crippen LogP contribution in [0.25, 0.3) is 5.70 Å². The van der Waals surface area contributed by atoms with Crippen molar-refractivity contribution in [3.63, 3.8) is 0 Å². The third-order valence-corrected chi connectivity index (χ3v) is 4.74. The quantitative estimate of drug-likeness (QED) is 0.610. The number of carbonyl (C=O) groups is 1. The molecule has 0 N–H and O–H groups in total. The van der Waals surface area contributed by atoms with Gasteiger partial charge in [0.2, 0.25) is 0 Å². The van der Waals surface area contributed by atoms with Crippen LogP contribution in [0, 0.1) is 17.2 Å². The summed E-state index contributed by atoms with van der Waals surface area (Å²) in [5.74, 6) is -0.828. The van der Waals surface area contributed by atoms with E-state index in [0.29, 0.717) is 12.6 Å². The molecule has 6 nitrogen and oxygen atoms in total. The Labute approximate surface area is 153 Å². The molecule has 1 heterocycles. The number of allylic oxidation sites excluding steroid dienone is 4. The van der Waals surface area contributed by atoms with E-state index in [1.165, 1.54) is 25.7 Å². The highest BCUT2D eigenvalue weighted by atomic mass is 16.5. The van der Waals surface area contributed by atoms with Gasteiger partial charge in [0.15, 0.2) is 5.69 Å². The summed E-state index contributed by atoms with van der Waals surface area (Å²) in [4.78, 5) is 20.7. The van der Waals surface area contributed by atoms with Gasteiger partial charge in [-0.1, -0.05) is 25.7 Å². The fourth-order valence-electron chi connectivity index (χ4n) is 3.36. The number of hydrogen-bond acceptors (Lipinski definition) is 5. The number of aliphatic imine (C=N–C) groups is 1. The molecular formula is C20H24N4O2. The molecule has 0 radical (unpaired) electrons. The van der Waals surface area contributed by atoms with Gasteiger partial charge >= 0.3 is 5.97 Å². The Balaban J connectivity index is 1.76. The van der Waals surface area contributed by atoms with Crippen molar-refractivity contribution >= 4 is 17.4 Å². The highest BCUT2D eigenvalue weighted by Gasteiger charge is 2.20. The number of nitriles is 1. The van der Waals surface area contributed by atoms with E-state index in [1.54, 1.807) is 24.0 Å². The van der Waals surface area contributed by atoms with Crippen molar-refractivity contribution < 1.29 is 9.53 Å². The van der Waals surface area contributed by atoms with Crippen molar-refractivity contribution in [3.05, 3.63) is 36.4 Å². The van der Waals surface area contributed by atoms with E-state index in [9.17, 15) is 10.1 Å². The molecule has 26 heavy (non-hydrogen) atoms. The summed E-state index contributed by atoms with van der Waals surface area (Å²) in [5, 5.41) is 9.57. The number of hydrogen-bond donors (Lipinski definition) is 0. The molecule has 0 aromatic carbocycles. The van der Waals surface area contributed by atoms with Gasteiger partial charge in [-0.05, 0) is 38.0 Å². The van der Waals surface area contributed by atoms with Gasteiger partial charge in [0, 0.05) is 11.9 Å². The van der Waals surface area contributed by atoms with Crippen molar-refractivity contribution in [2.75, 3.05) is 6.61 Å². The van der Waals surface area contributed by atoms with Crippen LogP contribution in [0.3, 0.4) is 0 Å². The third kappa shape index (κ3) is 4.29. The molecule has 0 saturated heterocycles. The highest BCUT2D eigenvalue weighted by Crippen LogP contribution is 2.24. The maximum absolute atomic E-state index is 11.8. The van der Waals surface area contributed by atoms with Crippen LogP contribution in [-0.4, -0.2) is 33.9 Å². The zero-order chi connectivity index (χ0) is 18.4. The molecule has 0 bridgehead atoms. The molecule has 0 amide bonds. The maximum Gasteiger partial charge on any atom is 0.358 e. The number of esters is 1. The van der Waals surface area contributed by atoms with Crippen molar-refractivity contribution in [2.24, 2.45) is 10.9 Å². The van der Waals surface area contributed by atoms with E-state index in [0.717, 1.165) is 24.3 Å². The molecule has 1 aromatic heterocycles. The van der Waals surface area contributed by atoms with Crippen LogP contribution in [0.2, 0.25) is 0 Å². The SMILES string of the molecule is CCOC(=O)c1cn(C2=CC(C#N)C(=NC3CCCCCC3)C=C2)cn1. The van der Waals surface area contributed by atoms with Crippen LogP contribution < -0.4 is 0 Å². The molecule has 0 aliphatic heterocycles. The standard InChI is InChI=1S/C20H24N4O2/c1-2-26-20(25)19-13-24(14-22-19)17-9-10-18(15(11-17)12-21)23-16-7-5-3-4-6-8-16/h9-11,13-16H,2-8H2,1H3. The Morgan fingerprint density at radius 1 is 1.35 bits per heavy atom. The highest BCUT2D eigenvalue weighted by molar-refractivity contribution is 6.03. The second-order valence-corrected chi connectivity index (χ2v) is 6.62. The number of imidazole rings is 1. The van der Waals surface area contributed by atoms with Crippen molar-refractivity contribution in [1.82, 2.24) is 9.55 Å². The molecule has 2 aliphatic rings. The van der Waals surface area contributed by atoms with E-state index >= 15 is 0 Å². The minimum absolute atomic E-state index is 0.257. The van der Waals surface area contributed by atoms with Crippen molar-refractivity contribution in [2.45, 2.75) is 51.5 Å². The van der Waals surface area contributed by atoms with Gasteiger partial charge < -0.3 is 9.30 Å². The lowest BCUT2D eigenvalue weighted by atomic mass is 9.97. The lowest BCUT2D eigenvalue weighted by molar-refractivity contribution is 0.0520. The largest absolute Gasteiger partial charge is 0.461 e. The zero-order valence-corrected chi connectivity index (χ0v) is 15.1. The van der Waals surface area contributed by atoms with Crippen LogP contribution in [-0.2, 0) is 4.74 Å². The van der Waals surface area contributed by atoms with Crippen LogP contribution in [0.1, 0.15) is 55.9 Å². The monoisotopic (exact) mass is 352 g/mol. The summed E-state index contributed by atoms with van der Waals surface area (Å²) in [6.45, 7) is 2.07. The van der Waals surface area contributed by atoms with E-state index in [2.05, 4.69) is 11.1 Å². The number of carbonyl (C=O) groups excluding carboxylic acids is 1. The topological polar surface area (TPSA) is 80.3 Å². The first-order valence-corrected chi connectivity index (χ1v) is 9.30. The summed E-state index contributed by atoms with van der Waals surface area (Å²) in [6.07, 6.45) is 16.1. The minimum atomic E-state index is -0.445. The summed E-state index contributed by atoms with van der Waals surface area (Å²) >= 11 is 0. The first-order chi connectivity index (χ1) is 12.7. The number of rotatable bonds is 4. The predicted molar refractivity (Wildman–Crippen MR) is 99.6 cm³/mol. The van der Waals surface area contributed by atoms with Gasteiger partial charge in [0.25, 0.3) is 0 Å². The summed E-state index contributed by atoms with van der Waals surface area (Å²) in [5.41, 5.74) is 1.89. The third-order valence-electron chi connectivity index (χ3n) is 4.74. The van der Waals surface area contributed by atoms with Crippen LogP contribution in [0.15, 0.2) is 35.7 Å². The van der Waals surface area contributed by atoms with Crippen LogP contribution in [0.4, 0.5) is 0 Å². The second-order valence-electron chi connectivity index (χ2n) is 6.62. The molecule has 6 heteroatoms. The molecule has 1 atom stereocenters. The average molecular weight is 352 g/mol. The first kappa shape index (κ1) is 18.1. The van der Waals surface area contributed by atoms with Gasteiger partial charge in [0.1, 0.15) is 12.2 Å². The molecule has 1 aromatic rings. The lowest BCUT2D eigenvalue weighted by Gasteiger charge is -2.17. The Hall–Kier alpha value is -2.68. The lowest BCUT2D eigenvalue weighted by Crippen LogP contribution is -2.17. The number of ether oxygens (including phenoxy) is 1. The summed E-state index contributed by atoms with van der Waals surface area (Å²) in [7, 11) is 0. The Morgan fingerprint density at radius 3 is 2.81 bits per heavy atom. The fraction of sp³-hybridized carbons (Fsp3) is 0.500. The van der Waals surface area contributed by atoms with E-state index in [1.807, 2.05) is 18.2 Å². The van der Waals surface area contributed by atoms with E-state index in [4.69, 9.17) is 9.73 Å². The molecule has 0 spiro atoms. The Bertz CT molecular complexity index is 774. The Morgan fingerprint density at radius 2 is 2.12 bits per heavy atom. The van der Waals surface area contributed by atoms with Gasteiger partial charge in [-0.15, -0.1) is 0 Å². The molecule has 136 valence electrons. The molecule has 1 saturated carbocycles. The molecule has 3 rings (SSSR count). The van der Waals surface area contributed by atoms with Gasteiger partial charge in [-0.2, -0.15) is 5.26 Å². The maximum atomic E-state index is 11.8. The van der Waals surface area contributed by atoms with Gasteiger partial charge in [-0.25, -0.2) is 9.78 Å².